The number of aromatic nitrogens is 1. The molecule has 1 aliphatic heterocycles. The third-order valence-corrected chi connectivity index (χ3v) is 8.10. The van der Waals surface area contributed by atoms with Crippen LogP contribution < -0.4 is 0 Å². The molecule has 34 heavy (non-hydrogen) atoms. The predicted octanol–water partition coefficient (Wildman–Crippen LogP) is 8.08. The zero-order valence-electron chi connectivity index (χ0n) is 19.3. The Labute approximate surface area is 198 Å². The first-order valence-electron chi connectivity index (χ1n) is 12.0. The number of para-hydroxylation sites is 3. The van der Waals surface area contributed by atoms with Crippen LogP contribution in [0.5, 0.6) is 0 Å². The summed E-state index contributed by atoms with van der Waals surface area (Å²) in [6, 6.07) is 38.9. The third kappa shape index (κ3) is 1.94. The van der Waals surface area contributed by atoms with Gasteiger partial charge in [-0.25, -0.2) is 0 Å². The fraction of sp³-hybridized carbons (Fsp3) is 0.0909. The van der Waals surface area contributed by atoms with Gasteiger partial charge in [0, 0.05) is 10.8 Å². The standard InChI is InChI=1S/C33H23N/c1-20-14-16-22-23-17-15-21(2)19-29(23)33(28(22)18-20)26-10-4-6-13-31(26)34-30-12-5-3-8-24(30)25-9-7-11-27(33)32(25)34/h3-19H,1-2H3. The molecule has 1 heteroatoms. The highest BCUT2D eigenvalue weighted by Crippen LogP contribution is 2.61. The molecule has 8 rings (SSSR count). The van der Waals surface area contributed by atoms with Crippen LogP contribution in [0.1, 0.15) is 33.4 Å². The van der Waals surface area contributed by atoms with Crippen molar-refractivity contribution in [2.75, 3.05) is 0 Å². The summed E-state index contributed by atoms with van der Waals surface area (Å²) in [5, 5.41) is 2.65. The number of rotatable bonds is 0. The van der Waals surface area contributed by atoms with Gasteiger partial charge >= 0.3 is 0 Å². The van der Waals surface area contributed by atoms with E-state index in [0.29, 0.717) is 0 Å². The van der Waals surface area contributed by atoms with E-state index >= 15 is 0 Å². The highest BCUT2D eigenvalue weighted by atomic mass is 15.0. The molecule has 1 spiro atoms. The summed E-state index contributed by atoms with van der Waals surface area (Å²) in [6.07, 6.45) is 0. The smallest absolute Gasteiger partial charge is 0.0754 e. The zero-order valence-corrected chi connectivity index (χ0v) is 19.3. The SMILES string of the molecule is Cc1ccc2c(c1)C1(c3cc(C)ccc3-2)c2ccccc2-n2c3ccccc3c3cccc1c32. The molecule has 0 saturated heterocycles. The average Bonchev–Trinajstić information content (AvgIpc) is 3.34. The molecule has 0 amide bonds. The Morgan fingerprint density at radius 1 is 0.529 bits per heavy atom. The van der Waals surface area contributed by atoms with Gasteiger partial charge in [-0.1, -0.05) is 102 Å². The van der Waals surface area contributed by atoms with E-state index in [2.05, 4.69) is 122 Å². The number of nitrogens with zero attached hydrogens (tertiary/aromatic N) is 1. The van der Waals surface area contributed by atoms with Gasteiger partial charge in [0.15, 0.2) is 0 Å². The van der Waals surface area contributed by atoms with Crippen molar-refractivity contribution < 1.29 is 0 Å². The zero-order chi connectivity index (χ0) is 22.6. The van der Waals surface area contributed by atoms with Crippen LogP contribution in [0.4, 0.5) is 0 Å². The first-order chi connectivity index (χ1) is 16.7. The summed E-state index contributed by atoms with van der Waals surface area (Å²) in [4.78, 5) is 0. The van der Waals surface area contributed by atoms with Gasteiger partial charge in [0.1, 0.15) is 0 Å². The van der Waals surface area contributed by atoms with E-state index in [9.17, 15) is 0 Å². The summed E-state index contributed by atoms with van der Waals surface area (Å²) in [5.41, 5.74) is 14.5. The normalized spacial score (nSPS) is 14.4. The second-order valence-corrected chi connectivity index (χ2v) is 9.92. The average molecular weight is 434 g/mol. The Kier molecular flexibility index (Phi) is 3.27. The molecule has 0 N–H and O–H groups in total. The third-order valence-electron chi connectivity index (χ3n) is 8.10. The molecule has 1 aliphatic carbocycles. The van der Waals surface area contributed by atoms with Crippen molar-refractivity contribution in [1.29, 1.82) is 0 Å². The molecule has 0 atom stereocenters. The van der Waals surface area contributed by atoms with Crippen LogP contribution in [0, 0.1) is 13.8 Å². The van der Waals surface area contributed by atoms with Crippen molar-refractivity contribution in [3.8, 4) is 16.8 Å². The van der Waals surface area contributed by atoms with Crippen molar-refractivity contribution in [1.82, 2.24) is 4.57 Å². The van der Waals surface area contributed by atoms with Gasteiger partial charge in [0.25, 0.3) is 0 Å². The van der Waals surface area contributed by atoms with Crippen LogP contribution in [0.25, 0.3) is 38.6 Å². The van der Waals surface area contributed by atoms with Crippen molar-refractivity contribution in [2.24, 2.45) is 0 Å². The minimum absolute atomic E-state index is 0.330. The summed E-state index contributed by atoms with van der Waals surface area (Å²) in [6.45, 7) is 4.43. The quantitative estimate of drug-likeness (QED) is 0.228. The van der Waals surface area contributed by atoms with E-state index in [-0.39, 0.29) is 5.41 Å². The molecular weight excluding hydrogens is 410 g/mol. The molecule has 0 saturated carbocycles. The first kappa shape index (κ1) is 18.3. The highest BCUT2D eigenvalue weighted by molar-refractivity contribution is 6.12. The topological polar surface area (TPSA) is 4.93 Å². The lowest BCUT2D eigenvalue weighted by molar-refractivity contribution is 0.747. The molecule has 1 nitrogen and oxygen atoms in total. The van der Waals surface area contributed by atoms with Crippen molar-refractivity contribution in [2.45, 2.75) is 19.3 Å². The summed E-state index contributed by atoms with van der Waals surface area (Å²) in [7, 11) is 0. The van der Waals surface area contributed by atoms with E-state index < -0.39 is 0 Å². The van der Waals surface area contributed by atoms with Crippen LogP contribution in [0.15, 0.2) is 103 Å². The largest absolute Gasteiger partial charge is 0.309 e. The lowest BCUT2D eigenvalue weighted by atomic mass is 9.65. The summed E-state index contributed by atoms with van der Waals surface area (Å²) >= 11 is 0. The molecule has 0 unspecified atom stereocenters. The molecule has 6 aromatic rings. The molecular formula is C33H23N. The fourth-order valence-electron chi connectivity index (χ4n) is 6.83. The summed E-state index contributed by atoms with van der Waals surface area (Å²) in [5.74, 6) is 0. The molecule has 2 aliphatic rings. The molecule has 1 aromatic heterocycles. The molecule has 160 valence electrons. The second kappa shape index (κ2) is 6.07. The van der Waals surface area contributed by atoms with Crippen molar-refractivity contribution in [3.63, 3.8) is 0 Å². The molecule has 5 aromatic carbocycles. The highest BCUT2D eigenvalue weighted by Gasteiger charge is 2.50. The Bertz CT molecular complexity index is 1780. The van der Waals surface area contributed by atoms with Gasteiger partial charge in [-0.2, -0.15) is 0 Å². The van der Waals surface area contributed by atoms with Crippen LogP contribution in [0.3, 0.4) is 0 Å². The lowest BCUT2D eigenvalue weighted by Gasteiger charge is -2.39. The van der Waals surface area contributed by atoms with Crippen molar-refractivity contribution >= 4 is 21.8 Å². The van der Waals surface area contributed by atoms with Crippen LogP contribution >= 0.6 is 0 Å². The van der Waals surface area contributed by atoms with E-state index in [4.69, 9.17) is 0 Å². The minimum atomic E-state index is -0.330. The maximum absolute atomic E-state index is 2.50. The number of aryl methyl sites for hydroxylation is 2. The lowest BCUT2D eigenvalue weighted by Crippen LogP contribution is -2.33. The van der Waals surface area contributed by atoms with Gasteiger partial charge in [-0.15, -0.1) is 0 Å². The molecule has 2 heterocycles. The second-order valence-electron chi connectivity index (χ2n) is 9.92. The van der Waals surface area contributed by atoms with Gasteiger partial charge in [-0.05, 0) is 59.4 Å². The monoisotopic (exact) mass is 433 g/mol. The van der Waals surface area contributed by atoms with Crippen LogP contribution in [-0.2, 0) is 5.41 Å². The van der Waals surface area contributed by atoms with E-state index in [1.54, 1.807) is 0 Å². The maximum Gasteiger partial charge on any atom is 0.0754 e. The molecule has 0 radical (unpaired) electrons. The molecule has 0 fully saturated rings. The van der Waals surface area contributed by atoms with Crippen LogP contribution in [0.2, 0.25) is 0 Å². The van der Waals surface area contributed by atoms with E-state index in [0.717, 1.165) is 0 Å². The Balaban J connectivity index is 1.70. The Morgan fingerprint density at radius 2 is 1.15 bits per heavy atom. The minimum Gasteiger partial charge on any atom is -0.309 e. The summed E-state index contributed by atoms with van der Waals surface area (Å²) < 4.78 is 2.50. The van der Waals surface area contributed by atoms with Gasteiger partial charge < -0.3 is 4.57 Å². The number of hydrogen-bond acceptors (Lipinski definition) is 0. The fourth-order valence-corrected chi connectivity index (χ4v) is 6.83. The molecule has 0 bridgehead atoms. The first-order valence-corrected chi connectivity index (χ1v) is 12.0. The number of benzene rings is 5. The maximum atomic E-state index is 2.50. The van der Waals surface area contributed by atoms with E-state index in [1.165, 1.54) is 72.0 Å². The number of fused-ring (bicyclic) bond motifs is 12. The predicted molar refractivity (Wildman–Crippen MR) is 141 cm³/mol. The number of hydrogen-bond donors (Lipinski definition) is 0. The van der Waals surface area contributed by atoms with Gasteiger partial charge in [0.2, 0.25) is 0 Å². The Hall–Kier alpha value is -4.10. The van der Waals surface area contributed by atoms with Gasteiger partial charge in [0.05, 0.1) is 22.1 Å². The van der Waals surface area contributed by atoms with Gasteiger partial charge in [-0.3, -0.25) is 0 Å². The van der Waals surface area contributed by atoms with Crippen LogP contribution in [-0.4, -0.2) is 4.57 Å². The van der Waals surface area contributed by atoms with Crippen molar-refractivity contribution in [3.05, 3.63) is 137 Å². The Morgan fingerprint density at radius 3 is 1.91 bits per heavy atom. The van der Waals surface area contributed by atoms with E-state index in [1.807, 2.05) is 0 Å².